The summed E-state index contributed by atoms with van der Waals surface area (Å²) < 4.78 is 0. The molecule has 1 amide bonds. The zero-order chi connectivity index (χ0) is 17.7. The van der Waals surface area contributed by atoms with Crippen molar-refractivity contribution in [2.45, 2.75) is 43.9 Å². The molecular weight excluding hydrogens is 316 g/mol. The molecule has 0 radical (unpaired) electrons. The van der Waals surface area contributed by atoms with Crippen LogP contribution in [-0.2, 0) is 11.3 Å². The lowest BCUT2D eigenvalue weighted by Gasteiger charge is -2.37. The third-order valence-corrected chi connectivity index (χ3v) is 5.04. The Kier molecular flexibility index (Phi) is 5.48. The Morgan fingerprint density at radius 2 is 1.60 bits per heavy atom. The number of hydrogen-bond donors (Lipinski definition) is 4. The smallest absolute Gasteiger partial charge is 0.263 e. The molecule has 5 nitrogen and oxygen atoms in total. The fourth-order valence-electron chi connectivity index (χ4n) is 3.40. The second kappa shape index (κ2) is 7.78. The Morgan fingerprint density at radius 1 is 1.00 bits per heavy atom. The molecule has 0 bridgehead atoms. The molecule has 132 valence electrons. The van der Waals surface area contributed by atoms with Crippen molar-refractivity contribution in [3.8, 4) is 11.1 Å². The summed E-state index contributed by atoms with van der Waals surface area (Å²) in [5.41, 5.74) is 4.32. The summed E-state index contributed by atoms with van der Waals surface area (Å²) in [5.74, 6) is -0.430. The number of hydroxylamine groups is 1. The number of benzene rings is 2. The van der Waals surface area contributed by atoms with Crippen LogP contribution >= 0.6 is 0 Å². The van der Waals surface area contributed by atoms with E-state index in [1.807, 2.05) is 30.3 Å². The average molecular weight is 340 g/mol. The minimum absolute atomic E-state index is 0.369. The van der Waals surface area contributed by atoms with E-state index >= 15 is 0 Å². The van der Waals surface area contributed by atoms with Gasteiger partial charge in [-0.1, -0.05) is 54.6 Å². The van der Waals surface area contributed by atoms with Gasteiger partial charge in [-0.25, -0.2) is 5.48 Å². The fourth-order valence-corrected chi connectivity index (χ4v) is 3.40. The lowest BCUT2D eigenvalue weighted by molar-refractivity contribution is -0.138. The molecule has 25 heavy (non-hydrogen) atoms. The molecule has 1 saturated carbocycles. The van der Waals surface area contributed by atoms with Crippen LogP contribution in [-0.4, -0.2) is 27.9 Å². The van der Waals surface area contributed by atoms with Crippen LogP contribution in [0, 0.1) is 0 Å². The molecule has 0 heterocycles. The van der Waals surface area contributed by atoms with Crippen molar-refractivity contribution in [3.63, 3.8) is 0 Å². The van der Waals surface area contributed by atoms with Crippen LogP contribution < -0.4 is 10.8 Å². The van der Waals surface area contributed by atoms with Gasteiger partial charge in [0.15, 0.2) is 0 Å². The molecule has 1 aliphatic carbocycles. The third-order valence-electron chi connectivity index (χ3n) is 5.04. The summed E-state index contributed by atoms with van der Waals surface area (Å²) in [6.07, 6.45) is 1.73. The van der Waals surface area contributed by atoms with Crippen molar-refractivity contribution in [3.05, 3.63) is 60.2 Å². The summed E-state index contributed by atoms with van der Waals surface area (Å²) in [6, 6.07) is 18.4. The van der Waals surface area contributed by atoms with Gasteiger partial charge >= 0.3 is 0 Å². The molecule has 2 aromatic carbocycles. The first-order chi connectivity index (χ1) is 12.1. The van der Waals surface area contributed by atoms with Crippen LogP contribution in [0.3, 0.4) is 0 Å². The van der Waals surface area contributed by atoms with Crippen LogP contribution in [0.2, 0.25) is 0 Å². The molecule has 0 saturated heterocycles. The molecule has 1 fully saturated rings. The van der Waals surface area contributed by atoms with E-state index < -0.39 is 11.4 Å². The van der Waals surface area contributed by atoms with Crippen molar-refractivity contribution in [1.29, 1.82) is 0 Å². The Morgan fingerprint density at radius 3 is 2.20 bits per heavy atom. The van der Waals surface area contributed by atoms with Gasteiger partial charge in [0.25, 0.3) is 5.91 Å². The van der Waals surface area contributed by atoms with Crippen molar-refractivity contribution < 1.29 is 15.1 Å². The van der Waals surface area contributed by atoms with Gasteiger partial charge in [0.05, 0.1) is 6.10 Å². The van der Waals surface area contributed by atoms with Gasteiger partial charge in [-0.2, -0.15) is 0 Å². The largest absolute Gasteiger partial charge is 0.393 e. The van der Waals surface area contributed by atoms with E-state index in [4.69, 9.17) is 5.21 Å². The number of carbonyl (C=O) groups is 1. The van der Waals surface area contributed by atoms with Crippen LogP contribution in [0.5, 0.6) is 0 Å². The first kappa shape index (κ1) is 17.6. The molecule has 0 aromatic heterocycles. The number of aliphatic hydroxyl groups is 1. The summed E-state index contributed by atoms with van der Waals surface area (Å²) in [6.45, 7) is 0.526. The maximum Gasteiger partial charge on any atom is 0.263 e. The molecule has 2 aromatic rings. The fraction of sp³-hybridized carbons (Fsp3) is 0.350. The standard InChI is InChI=1S/C20H24N2O3/c23-18-10-12-20(13-11-18,19(24)22-25)21-14-15-6-8-17(9-7-15)16-4-2-1-3-5-16/h1-9,18,21,23,25H,10-14H2,(H,22,24). The van der Waals surface area contributed by atoms with Gasteiger partial charge in [-0.05, 0) is 42.4 Å². The lowest BCUT2D eigenvalue weighted by atomic mass is 9.79. The van der Waals surface area contributed by atoms with Gasteiger partial charge in [-0.3, -0.25) is 15.3 Å². The highest BCUT2D eigenvalue weighted by molar-refractivity contribution is 5.85. The zero-order valence-corrected chi connectivity index (χ0v) is 14.1. The second-order valence-corrected chi connectivity index (χ2v) is 6.67. The molecule has 0 spiro atoms. The van der Waals surface area contributed by atoms with E-state index in [1.54, 1.807) is 5.48 Å². The third kappa shape index (κ3) is 4.07. The number of aliphatic hydroxyl groups excluding tert-OH is 1. The summed E-state index contributed by atoms with van der Waals surface area (Å²) in [7, 11) is 0. The van der Waals surface area contributed by atoms with E-state index in [2.05, 4.69) is 29.6 Å². The van der Waals surface area contributed by atoms with Crippen molar-refractivity contribution in [2.24, 2.45) is 0 Å². The van der Waals surface area contributed by atoms with E-state index in [0.29, 0.717) is 32.2 Å². The quantitative estimate of drug-likeness (QED) is 0.498. The molecule has 1 aliphatic rings. The first-order valence-corrected chi connectivity index (χ1v) is 8.65. The van der Waals surface area contributed by atoms with Crippen LogP contribution in [0.4, 0.5) is 0 Å². The minimum atomic E-state index is -0.827. The predicted octanol–water partition coefficient (Wildman–Crippen LogP) is 2.62. The maximum atomic E-state index is 12.2. The molecule has 4 N–H and O–H groups in total. The number of rotatable bonds is 5. The SMILES string of the molecule is O=C(NO)C1(NCc2ccc(-c3ccccc3)cc2)CCC(O)CC1. The normalized spacial score (nSPS) is 23.2. The van der Waals surface area contributed by atoms with Gasteiger partial charge in [-0.15, -0.1) is 0 Å². The molecule has 0 unspecified atom stereocenters. The van der Waals surface area contributed by atoms with E-state index in [-0.39, 0.29) is 6.10 Å². The highest BCUT2D eigenvalue weighted by atomic mass is 16.5. The number of amides is 1. The highest BCUT2D eigenvalue weighted by Gasteiger charge is 2.41. The lowest BCUT2D eigenvalue weighted by Crippen LogP contribution is -2.58. The molecule has 0 aliphatic heterocycles. The van der Waals surface area contributed by atoms with Crippen LogP contribution in [0.1, 0.15) is 31.2 Å². The Labute approximate surface area is 147 Å². The minimum Gasteiger partial charge on any atom is -0.393 e. The number of hydrogen-bond acceptors (Lipinski definition) is 4. The van der Waals surface area contributed by atoms with E-state index in [9.17, 15) is 9.90 Å². The molecule has 0 atom stereocenters. The summed E-state index contributed by atoms with van der Waals surface area (Å²) in [5, 5.41) is 22.1. The first-order valence-electron chi connectivity index (χ1n) is 8.65. The van der Waals surface area contributed by atoms with Gasteiger partial charge < -0.3 is 5.11 Å². The van der Waals surface area contributed by atoms with Crippen LogP contribution in [0.15, 0.2) is 54.6 Å². The van der Waals surface area contributed by atoms with Crippen molar-refractivity contribution in [1.82, 2.24) is 10.8 Å². The van der Waals surface area contributed by atoms with E-state index in [0.717, 1.165) is 11.1 Å². The van der Waals surface area contributed by atoms with Crippen molar-refractivity contribution in [2.75, 3.05) is 0 Å². The molecule has 5 heteroatoms. The Balaban J connectivity index is 1.68. The monoisotopic (exact) mass is 340 g/mol. The number of nitrogens with one attached hydrogen (secondary N) is 2. The van der Waals surface area contributed by atoms with Gasteiger partial charge in [0.1, 0.15) is 5.54 Å². The molecular formula is C20H24N2O3. The topological polar surface area (TPSA) is 81.6 Å². The maximum absolute atomic E-state index is 12.2. The van der Waals surface area contributed by atoms with Crippen molar-refractivity contribution >= 4 is 5.91 Å². The second-order valence-electron chi connectivity index (χ2n) is 6.67. The molecule has 3 rings (SSSR count). The zero-order valence-electron chi connectivity index (χ0n) is 14.1. The predicted molar refractivity (Wildman–Crippen MR) is 95.9 cm³/mol. The average Bonchev–Trinajstić information content (AvgIpc) is 2.68. The van der Waals surface area contributed by atoms with Crippen LogP contribution in [0.25, 0.3) is 11.1 Å². The summed E-state index contributed by atoms with van der Waals surface area (Å²) in [4.78, 5) is 12.2. The number of carbonyl (C=O) groups excluding carboxylic acids is 1. The highest BCUT2D eigenvalue weighted by Crippen LogP contribution is 2.29. The van der Waals surface area contributed by atoms with Gasteiger partial charge in [0, 0.05) is 6.54 Å². The summed E-state index contributed by atoms with van der Waals surface area (Å²) >= 11 is 0. The Hall–Kier alpha value is -2.21. The van der Waals surface area contributed by atoms with E-state index in [1.165, 1.54) is 5.56 Å². The Bertz CT molecular complexity index is 693. The van der Waals surface area contributed by atoms with Gasteiger partial charge in [0.2, 0.25) is 0 Å².